The summed E-state index contributed by atoms with van der Waals surface area (Å²) in [6.45, 7) is 3.62. The van der Waals surface area contributed by atoms with Gasteiger partial charge in [0.25, 0.3) is 11.8 Å². The summed E-state index contributed by atoms with van der Waals surface area (Å²) in [5.41, 5.74) is 2.94. The van der Waals surface area contributed by atoms with E-state index in [-0.39, 0.29) is 18.4 Å². The number of nitrogens with zero attached hydrogens (tertiary/aromatic N) is 1. The quantitative estimate of drug-likeness (QED) is 0.575. The normalized spacial score (nSPS) is 13.5. The Balaban J connectivity index is 1.75. The molecule has 0 bridgehead atoms. The van der Waals surface area contributed by atoms with Gasteiger partial charge in [-0.2, -0.15) is 0 Å². The number of fused-ring (bicyclic) bond motifs is 1. The first kappa shape index (κ1) is 16.4. The van der Waals surface area contributed by atoms with Crippen LogP contribution in [-0.2, 0) is 17.9 Å². The van der Waals surface area contributed by atoms with Gasteiger partial charge in [0.15, 0.2) is 0 Å². The first-order valence-electron chi connectivity index (χ1n) is 8.32. The number of amides is 2. The van der Waals surface area contributed by atoms with Crippen molar-refractivity contribution in [3.05, 3.63) is 70.8 Å². The number of carbonyl (C=O) groups is 2. The molecule has 1 aliphatic heterocycles. The van der Waals surface area contributed by atoms with E-state index in [0.717, 1.165) is 30.6 Å². The fourth-order valence-corrected chi connectivity index (χ4v) is 2.83. The van der Waals surface area contributed by atoms with Crippen molar-refractivity contribution in [3.8, 4) is 0 Å². The second kappa shape index (κ2) is 7.41. The number of benzene rings is 2. The van der Waals surface area contributed by atoms with E-state index in [9.17, 15) is 9.59 Å². The third-order valence-corrected chi connectivity index (χ3v) is 4.22. The van der Waals surface area contributed by atoms with Crippen molar-refractivity contribution in [3.63, 3.8) is 0 Å². The van der Waals surface area contributed by atoms with Crippen LogP contribution in [0.1, 0.15) is 51.6 Å². The van der Waals surface area contributed by atoms with Crippen LogP contribution in [0.15, 0.2) is 48.5 Å². The summed E-state index contributed by atoms with van der Waals surface area (Å²) >= 11 is 0. The number of imide groups is 1. The van der Waals surface area contributed by atoms with Crippen LogP contribution >= 0.6 is 0 Å². The van der Waals surface area contributed by atoms with Crippen molar-refractivity contribution in [1.29, 1.82) is 0 Å². The van der Waals surface area contributed by atoms with Gasteiger partial charge in [0.05, 0.1) is 24.3 Å². The number of unbranched alkanes of at least 4 members (excludes halogenated alkanes) is 1. The summed E-state index contributed by atoms with van der Waals surface area (Å²) in [5.74, 6) is -0.449. The highest BCUT2D eigenvalue weighted by Crippen LogP contribution is 2.25. The van der Waals surface area contributed by atoms with Gasteiger partial charge in [-0.15, -0.1) is 0 Å². The molecule has 2 aromatic rings. The van der Waals surface area contributed by atoms with Crippen LogP contribution in [0.4, 0.5) is 0 Å². The topological polar surface area (TPSA) is 46.6 Å². The minimum Gasteiger partial charge on any atom is -0.377 e. The minimum atomic E-state index is -0.225. The Morgan fingerprint density at radius 1 is 0.875 bits per heavy atom. The molecule has 124 valence electrons. The summed E-state index contributed by atoms with van der Waals surface area (Å²) in [4.78, 5) is 26.3. The molecule has 0 saturated heterocycles. The standard InChI is InChI=1S/C20H21NO3/c1-2-3-12-24-14-16-9-5-4-8-15(16)13-21-19(22)17-10-6-7-11-18(17)20(21)23/h4-11H,2-3,12-14H2,1H3. The van der Waals surface area contributed by atoms with E-state index in [1.807, 2.05) is 24.3 Å². The fraction of sp³-hybridized carbons (Fsp3) is 0.300. The van der Waals surface area contributed by atoms with Gasteiger partial charge in [-0.25, -0.2) is 0 Å². The van der Waals surface area contributed by atoms with E-state index >= 15 is 0 Å². The van der Waals surface area contributed by atoms with E-state index in [1.165, 1.54) is 4.90 Å². The summed E-state index contributed by atoms with van der Waals surface area (Å²) in [6.07, 6.45) is 2.12. The van der Waals surface area contributed by atoms with Crippen molar-refractivity contribution in [2.45, 2.75) is 32.9 Å². The van der Waals surface area contributed by atoms with Gasteiger partial charge in [0.1, 0.15) is 0 Å². The van der Waals surface area contributed by atoms with Gasteiger partial charge < -0.3 is 4.74 Å². The maximum Gasteiger partial charge on any atom is 0.261 e. The van der Waals surface area contributed by atoms with Gasteiger partial charge in [0.2, 0.25) is 0 Å². The molecule has 24 heavy (non-hydrogen) atoms. The molecule has 0 unspecified atom stereocenters. The summed E-state index contributed by atoms with van der Waals surface area (Å²) in [6, 6.07) is 14.8. The van der Waals surface area contributed by atoms with E-state index in [0.29, 0.717) is 17.7 Å². The molecule has 0 fully saturated rings. The number of hydrogen-bond acceptors (Lipinski definition) is 3. The van der Waals surface area contributed by atoms with Crippen molar-refractivity contribution in [2.24, 2.45) is 0 Å². The van der Waals surface area contributed by atoms with Gasteiger partial charge in [-0.3, -0.25) is 14.5 Å². The van der Waals surface area contributed by atoms with Crippen LogP contribution in [0.5, 0.6) is 0 Å². The molecule has 0 radical (unpaired) electrons. The second-order valence-corrected chi connectivity index (χ2v) is 5.92. The SMILES string of the molecule is CCCCOCc1ccccc1CN1C(=O)c2ccccc2C1=O. The monoisotopic (exact) mass is 323 g/mol. The average Bonchev–Trinajstić information content (AvgIpc) is 2.85. The van der Waals surface area contributed by atoms with Crippen LogP contribution in [0.3, 0.4) is 0 Å². The van der Waals surface area contributed by atoms with Gasteiger partial charge >= 0.3 is 0 Å². The molecule has 1 heterocycles. The number of rotatable bonds is 7. The number of carbonyl (C=O) groups excluding carboxylic acids is 2. The Labute approximate surface area is 142 Å². The highest BCUT2D eigenvalue weighted by Gasteiger charge is 2.35. The van der Waals surface area contributed by atoms with Crippen molar-refractivity contribution in [2.75, 3.05) is 6.61 Å². The van der Waals surface area contributed by atoms with E-state index in [2.05, 4.69) is 6.92 Å². The number of hydrogen-bond donors (Lipinski definition) is 0. The van der Waals surface area contributed by atoms with E-state index < -0.39 is 0 Å². The molecule has 2 aromatic carbocycles. The molecule has 0 N–H and O–H groups in total. The first-order valence-corrected chi connectivity index (χ1v) is 8.32. The fourth-order valence-electron chi connectivity index (χ4n) is 2.83. The predicted molar refractivity (Wildman–Crippen MR) is 91.7 cm³/mol. The predicted octanol–water partition coefficient (Wildman–Crippen LogP) is 3.80. The molecule has 0 aromatic heterocycles. The molecule has 4 heteroatoms. The Kier molecular flexibility index (Phi) is 5.06. The number of ether oxygens (including phenoxy) is 1. The smallest absolute Gasteiger partial charge is 0.261 e. The van der Waals surface area contributed by atoms with Crippen LogP contribution < -0.4 is 0 Å². The zero-order chi connectivity index (χ0) is 16.9. The summed E-state index contributed by atoms with van der Waals surface area (Å²) < 4.78 is 5.69. The van der Waals surface area contributed by atoms with Crippen LogP contribution in [0.25, 0.3) is 0 Å². The molecular weight excluding hydrogens is 302 g/mol. The van der Waals surface area contributed by atoms with Crippen molar-refractivity contribution >= 4 is 11.8 Å². The minimum absolute atomic E-state index is 0.225. The maximum atomic E-state index is 12.5. The lowest BCUT2D eigenvalue weighted by Gasteiger charge is -2.17. The second-order valence-electron chi connectivity index (χ2n) is 5.92. The Morgan fingerprint density at radius 3 is 2.08 bits per heavy atom. The Morgan fingerprint density at radius 2 is 1.46 bits per heavy atom. The molecule has 2 amide bonds. The highest BCUT2D eigenvalue weighted by molar-refractivity contribution is 6.21. The third kappa shape index (κ3) is 3.24. The lowest BCUT2D eigenvalue weighted by atomic mass is 10.1. The van der Waals surface area contributed by atoms with Gasteiger partial charge in [-0.05, 0) is 29.7 Å². The average molecular weight is 323 g/mol. The molecular formula is C20H21NO3. The zero-order valence-electron chi connectivity index (χ0n) is 13.8. The molecule has 0 spiro atoms. The van der Waals surface area contributed by atoms with Crippen LogP contribution in [0.2, 0.25) is 0 Å². The van der Waals surface area contributed by atoms with Gasteiger partial charge in [0, 0.05) is 6.61 Å². The summed E-state index contributed by atoms with van der Waals surface area (Å²) in [5, 5.41) is 0. The molecule has 1 aliphatic rings. The highest BCUT2D eigenvalue weighted by atomic mass is 16.5. The van der Waals surface area contributed by atoms with Crippen molar-refractivity contribution in [1.82, 2.24) is 4.90 Å². The Bertz CT molecular complexity index is 719. The van der Waals surface area contributed by atoms with Crippen LogP contribution in [0, 0.1) is 0 Å². The molecule has 4 nitrogen and oxygen atoms in total. The first-order chi connectivity index (χ1) is 11.7. The Hall–Kier alpha value is -2.46. The lowest BCUT2D eigenvalue weighted by molar-refractivity contribution is 0.0639. The summed E-state index contributed by atoms with van der Waals surface area (Å²) in [7, 11) is 0. The zero-order valence-corrected chi connectivity index (χ0v) is 13.8. The maximum absolute atomic E-state index is 12.5. The van der Waals surface area contributed by atoms with Gasteiger partial charge in [-0.1, -0.05) is 49.7 Å². The molecule has 0 aliphatic carbocycles. The molecule has 3 rings (SSSR count). The largest absolute Gasteiger partial charge is 0.377 e. The van der Waals surface area contributed by atoms with Crippen LogP contribution in [-0.4, -0.2) is 23.3 Å². The molecule has 0 atom stereocenters. The van der Waals surface area contributed by atoms with E-state index in [1.54, 1.807) is 24.3 Å². The third-order valence-electron chi connectivity index (χ3n) is 4.22. The lowest BCUT2D eigenvalue weighted by Crippen LogP contribution is -2.29. The molecule has 0 saturated carbocycles. The van der Waals surface area contributed by atoms with Crippen molar-refractivity contribution < 1.29 is 14.3 Å². The van der Waals surface area contributed by atoms with E-state index in [4.69, 9.17) is 4.74 Å².